The molecule has 0 bridgehead atoms. The zero-order valence-electron chi connectivity index (χ0n) is 14.5. The van der Waals surface area contributed by atoms with Crippen molar-refractivity contribution in [3.8, 4) is 0 Å². The Bertz CT molecular complexity index is 795. The molecule has 0 N–H and O–H groups in total. The van der Waals surface area contributed by atoms with E-state index in [0.717, 1.165) is 6.08 Å². The van der Waals surface area contributed by atoms with Crippen molar-refractivity contribution in [1.29, 1.82) is 0 Å². The average Bonchev–Trinajstić information content (AvgIpc) is 2.70. The molecular formula is C21H20O5. The van der Waals surface area contributed by atoms with Gasteiger partial charge in [0.15, 0.2) is 5.78 Å². The van der Waals surface area contributed by atoms with E-state index in [1.165, 1.54) is 6.07 Å². The first-order valence-corrected chi connectivity index (χ1v) is 8.25. The second kappa shape index (κ2) is 9.32. The van der Waals surface area contributed by atoms with Crippen LogP contribution in [0, 0.1) is 0 Å². The molecule has 2 aromatic rings. The van der Waals surface area contributed by atoms with Crippen LogP contribution in [0.5, 0.6) is 0 Å². The predicted molar refractivity (Wildman–Crippen MR) is 97.0 cm³/mol. The summed E-state index contributed by atoms with van der Waals surface area (Å²) in [6.45, 7) is 5.04. The number of rotatable bonds is 8. The normalized spacial score (nSPS) is 11.3. The molecule has 2 aromatic carbocycles. The second-order valence-corrected chi connectivity index (χ2v) is 5.51. The van der Waals surface area contributed by atoms with Crippen molar-refractivity contribution in [2.75, 3.05) is 6.61 Å². The zero-order valence-corrected chi connectivity index (χ0v) is 14.5. The van der Waals surface area contributed by atoms with E-state index in [4.69, 9.17) is 9.47 Å². The molecule has 0 saturated carbocycles. The van der Waals surface area contributed by atoms with Gasteiger partial charge in [0.05, 0.1) is 5.56 Å². The van der Waals surface area contributed by atoms with Gasteiger partial charge in [-0.05, 0) is 12.5 Å². The van der Waals surface area contributed by atoms with Gasteiger partial charge in [0.25, 0.3) is 0 Å². The molecule has 1 atom stereocenters. The fourth-order valence-electron chi connectivity index (χ4n) is 2.30. The molecule has 0 heterocycles. The SMILES string of the molecule is C=CC(=O)OC(CC)COC(=O)c1ccccc1C(=O)c1ccccc1. The zero-order chi connectivity index (χ0) is 18.9. The third-order valence-electron chi connectivity index (χ3n) is 3.73. The van der Waals surface area contributed by atoms with Gasteiger partial charge in [-0.25, -0.2) is 9.59 Å². The number of hydrogen-bond donors (Lipinski definition) is 0. The van der Waals surface area contributed by atoms with Crippen LogP contribution in [0.2, 0.25) is 0 Å². The van der Waals surface area contributed by atoms with Gasteiger partial charge in [0.2, 0.25) is 0 Å². The first kappa shape index (κ1) is 19.1. The van der Waals surface area contributed by atoms with Gasteiger partial charge in [-0.3, -0.25) is 4.79 Å². The minimum atomic E-state index is -0.641. The average molecular weight is 352 g/mol. The first-order chi connectivity index (χ1) is 12.6. The Labute approximate surface area is 152 Å². The van der Waals surface area contributed by atoms with E-state index in [9.17, 15) is 14.4 Å². The summed E-state index contributed by atoms with van der Waals surface area (Å²) in [7, 11) is 0. The number of ketones is 1. The summed E-state index contributed by atoms with van der Waals surface area (Å²) in [5, 5.41) is 0. The van der Waals surface area contributed by atoms with E-state index in [0.29, 0.717) is 12.0 Å². The van der Waals surface area contributed by atoms with Gasteiger partial charge in [-0.15, -0.1) is 0 Å². The van der Waals surface area contributed by atoms with E-state index in [1.54, 1.807) is 42.5 Å². The Balaban J connectivity index is 2.13. The van der Waals surface area contributed by atoms with Crippen LogP contribution in [0.25, 0.3) is 0 Å². The highest BCUT2D eigenvalue weighted by atomic mass is 16.6. The molecule has 1 unspecified atom stereocenters. The van der Waals surface area contributed by atoms with Crippen LogP contribution in [0.15, 0.2) is 67.3 Å². The summed E-state index contributed by atoms with van der Waals surface area (Å²) in [4.78, 5) is 36.4. The molecule has 0 aliphatic heterocycles. The summed E-state index contributed by atoms with van der Waals surface area (Å²) in [6, 6.07) is 15.2. The lowest BCUT2D eigenvalue weighted by Crippen LogP contribution is -2.24. The monoisotopic (exact) mass is 352 g/mol. The Morgan fingerprint density at radius 3 is 2.23 bits per heavy atom. The van der Waals surface area contributed by atoms with Gasteiger partial charge in [-0.2, -0.15) is 0 Å². The summed E-state index contributed by atoms with van der Waals surface area (Å²) >= 11 is 0. The summed E-state index contributed by atoms with van der Waals surface area (Å²) in [6.07, 6.45) is 0.969. The minimum Gasteiger partial charge on any atom is -0.458 e. The van der Waals surface area contributed by atoms with Crippen LogP contribution in [0.1, 0.15) is 39.6 Å². The van der Waals surface area contributed by atoms with Gasteiger partial charge < -0.3 is 9.47 Å². The number of carbonyl (C=O) groups is 3. The fraction of sp³-hybridized carbons (Fsp3) is 0.190. The van der Waals surface area contributed by atoms with E-state index in [2.05, 4.69) is 6.58 Å². The van der Waals surface area contributed by atoms with Crippen LogP contribution in [-0.2, 0) is 14.3 Å². The molecular weight excluding hydrogens is 332 g/mol. The van der Waals surface area contributed by atoms with E-state index in [1.807, 2.05) is 13.0 Å². The van der Waals surface area contributed by atoms with Gasteiger partial charge in [0, 0.05) is 17.2 Å². The molecule has 0 amide bonds. The van der Waals surface area contributed by atoms with Crippen molar-refractivity contribution >= 4 is 17.7 Å². The third-order valence-corrected chi connectivity index (χ3v) is 3.73. The minimum absolute atomic E-state index is 0.0945. The number of esters is 2. The number of carbonyl (C=O) groups excluding carboxylic acids is 3. The van der Waals surface area contributed by atoms with E-state index >= 15 is 0 Å². The Morgan fingerprint density at radius 1 is 1.00 bits per heavy atom. The van der Waals surface area contributed by atoms with Crippen molar-refractivity contribution in [3.63, 3.8) is 0 Å². The molecule has 0 saturated heterocycles. The van der Waals surface area contributed by atoms with Crippen molar-refractivity contribution in [1.82, 2.24) is 0 Å². The Hall–Kier alpha value is -3.21. The third kappa shape index (κ3) is 4.89. The molecule has 26 heavy (non-hydrogen) atoms. The van der Waals surface area contributed by atoms with Gasteiger partial charge in [0.1, 0.15) is 12.7 Å². The maximum absolute atomic E-state index is 12.7. The van der Waals surface area contributed by atoms with Crippen molar-refractivity contribution < 1.29 is 23.9 Å². The lowest BCUT2D eigenvalue weighted by molar-refractivity contribution is -0.145. The summed E-state index contributed by atoms with van der Waals surface area (Å²) in [5.41, 5.74) is 0.921. The van der Waals surface area contributed by atoms with Crippen LogP contribution >= 0.6 is 0 Å². The van der Waals surface area contributed by atoms with Gasteiger partial charge >= 0.3 is 11.9 Å². The molecule has 0 aliphatic rings. The largest absolute Gasteiger partial charge is 0.458 e. The molecule has 2 rings (SSSR count). The van der Waals surface area contributed by atoms with Crippen molar-refractivity contribution in [3.05, 3.63) is 83.9 Å². The quantitative estimate of drug-likeness (QED) is 0.413. The molecule has 5 heteroatoms. The molecule has 0 radical (unpaired) electrons. The molecule has 0 fully saturated rings. The standard InChI is InChI=1S/C21H20O5/c1-3-16(26-19(22)4-2)14-25-21(24)18-13-9-8-12-17(18)20(23)15-10-6-5-7-11-15/h4-13,16H,2-3,14H2,1H3. The molecule has 0 spiro atoms. The predicted octanol–water partition coefficient (Wildman–Crippen LogP) is 3.58. The number of ether oxygens (including phenoxy) is 2. The topological polar surface area (TPSA) is 69.7 Å². The maximum Gasteiger partial charge on any atom is 0.339 e. The highest BCUT2D eigenvalue weighted by Crippen LogP contribution is 2.16. The van der Waals surface area contributed by atoms with Crippen LogP contribution in [0.4, 0.5) is 0 Å². The first-order valence-electron chi connectivity index (χ1n) is 8.25. The lowest BCUT2D eigenvalue weighted by atomic mass is 9.98. The summed E-state index contributed by atoms with van der Waals surface area (Å²) < 4.78 is 10.3. The maximum atomic E-state index is 12.7. The number of benzene rings is 2. The van der Waals surface area contributed by atoms with E-state index in [-0.39, 0.29) is 23.5 Å². The Kier molecular flexibility index (Phi) is 6.85. The van der Waals surface area contributed by atoms with Crippen molar-refractivity contribution in [2.24, 2.45) is 0 Å². The lowest BCUT2D eigenvalue weighted by Gasteiger charge is -2.16. The smallest absolute Gasteiger partial charge is 0.339 e. The fourth-order valence-corrected chi connectivity index (χ4v) is 2.30. The highest BCUT2D eigenvalue weighted by Gasteiger charge is 2.20. The van der Waals surface area contributed by atoms with Crippen LogP contribution < -0.4 is 0 Å². The Morgan fingerprint density at radius 2 is 1.62 bits per heavy atom. The van der Waals surface area contributed by atoms with Crippen molar-refractivity contribution in [2.45, 2.75) is 19.4 Å². The number of hydrogen-bond acceptors (Lipinski definition) is 5. The molecule has 5 nitrogen and oxygen atoms in total. The molecule has 0 aromatic heterocycles. The second-order valence-electron chi connectivity index (χ2n) is 5.51. The molecule has 134 valence electrons. The van der Waals surface area contributed by atoms with Crippen LogP contribution in [0.3, 0.4) is 0 Å². The van der Waals surface area contributed by atoms with Crippen LogP contribution in [-0.4, -0.2) is 30.4 Å². The van der Waals surface area contributed by atoms with E-state index < -0.39 is 18.0 Å². The molecule has 0 aliphatic carbocycles. The highest BCUT2D eigenvalue weighted by molar-refractivity contribution is 6.14. The van der Waals surface area contributed by atoms with Gasteiger partial charge in [-0.1, -0.05) is 62.0 Å². The summed E-state index contributed by atoms with van der Waals surface area (Å²) in [5.74, 6) is -1.48.